The van der Waals surface area contributed by atoms with Crippen LogP contribution in [0, 0.1) is 0 Å². The Morgan fingerprint density at radius 1 is 0.850 bits per heavy atom. The molecule has 2 saturated carbocycles. The quantitative estimate of drug-likeness (QED) is 0.900. The van der Waals surface area contributed by atoms with E-state index in [1.165, 1.54) is 69.9 Å². The van der Waals surface area contributed by atoms with Gasteiger partial charge in [0.15, 0.2) is 0 Å². The Morgan fingerprint density at radius 3 is 1.85 bits per heavy atom. The van der Waals surface area contributed by atoms with Gasteiger partial charge in [-0.3, -0.25) is 0 Å². The SMILES string of the molecule is Nc1ccc(N(C2CCCCC2)C2CCCCC2)cn1. The van der Waals surface area contributed by atoms with Gasteiger partial charge in [0.05, 0.1) is 11.9 Å². The highest BCUT2D eigenvalue weighted by atomic mass is 15.2. The summed E-state index contributed by atoms with van der Waals surface area (Å²) in [5, 5.41) is 0. The van der Waals surface area contributed by atoms with Crippen LogP contribution >= 0.6 is 0 Å². The highest BCUT2D eigenvalue weighted by Gasteiger charge is 2.29. The Bertz CT molecular complexity index is 385. The number of rotatable bonds is 3. The van der Waals surface area contributed by atoms with E-state index in [1.807, 2.05) is 12.3 Å². The van der Waals surface area contributed by atoms with Crippen LogP contribution in [0.15, 0.2) is 18.3 Å². The molecule has 0 bridgehead atoms. The summed E-state index contributed by atoms with van der Waals surface area (Å²) in [6.07, 6.45) is 15.7. The number of hydrogen-bond donors (Lipinski definition) is 1. The van der Waals surface area contributed by atoms with Crippen molar-refractivity contribution >= 4 is 11.5 Å². The molecule has 2 N–H and O–H groups in total. The molecular formula is C17H27N3. The van der Waals surface area contributed by atoms with Crippen molar-refractivity contribution in [3.05, 3.63) is 18.3 Å². The van der Waals surface area contributed by atoms with Crippen LogP contribution in [0.4, 0.5) is 11.5 Å². The highest BCUT2D eigenvalue weighted by molar-refractivity contribution is 5.50. The lowest BCUT2D eigenvalue weighted by molar-refractivity contribution is 0.339. The van der Waals surface area contributed by atoms with Crippen molar-refractivity contribution in [1.82, 2.24) is 4.98 Å². The third-order valence-electron chi connectivity index (χ3n) is 5.01. The van der Waals surface area contributed by atoms with E-state index < -0.39 is 0 Å². The first kappa shape index (κ1) is 13.7. The molecule has 3 rings (SSSR count). The zero-order valence-corrected chi connectivity index (χ0v) is 12.4. The second kappa shape index (κ2) is 6.47. The first-order valence-electron chi connectivity index (χ1n) is 8.34. The first-order valence-corrected chi connectivity index (χ1v) is 8.34. The molecule has 0 atom stereocenters. The second-order valence-electron chi connectivity index (χ2n) is 6.43. The normalized spacial score (nSPS) is 21.8. The fourth-order valence-electron chi connectivity index (χ4n) is 3.99. The molecule has 2 fully saturated rings. The van der Waals surface area contributed by atoms with E-state index in [1.54, 1.807) is 0 Å². The summed E-state index contributed by atoms with van der Waals surface area (Å²) < 4.78 is 0. The Labute approximate surface area is 122 Å². The van der Waals surface area contributed by atoms with Crippen LogP contribution in [0.25, 0.3) is 0 Å². The molecule has 0 amide bonds. The van der Waals surface area contributed by atoms with Crippen LogP contribution in [0.3, 0.4) is 0 Å². The van der Waals surface area contributed by atoms with Crippen molar-refractivity contribution < 1.29 is 0 Å². The van der Waals surface area contributed by atoms with Crippen LogP contribution in [0.1, 0.15) is 64.2 Å². The number of pyridine rings is 1. The molecule has 3 nitrogen and oxygen atoms in total. The zero-order valence-electron chi connectivity index (χ0n) is 12.4. The third-order valence-corrected chi connectivity index (χ3v) is 5.01. The number of aromatic nitrogens is 1. The molecule has 110 valence electrons. The summed E-state index contributed by atoms with van der Waals surface area (Å²) in [4.78, 5) is 7.02. The van der Waals surface area contributed by atoms with E-state index in [0.29, 0.717) is 5.82 Å². The Morgan fingerprint density at radius 2 is 1.40 bits per heavy atom. The van der Waals surface area contributed by atoms with E-state index in [0.717, 1.165) is 12.1 Å². The second-order valence-corrected chi connectivity index (χ2v) is 6.43. The molecule has 0 aromatic carbocycles. The molecule has 3 heteroatoms. The maximum Gasteiger partial charge on any atom is 0.123 e. The maximum absolute atomic E-state index is 5.75. The van der Waals surface area contributed by atoms with Crippen molar-refractivity contribution in [3.63, 3.8) is 0 Å². The minimum Gasteiger partial charge on any atom is -0.384 e. The van der Waals surface area contributed by atoms with E-state index in [-0.39, 0.29) is 0 Å². The molecule has 1 aromatic rings. The number of nitrogens with zero attached hydrogens (tertiary/aromatic N) is 2. The molecule has 1 heterocycles. The monoisotopic (exact) mass is 273 g/mol. The van der Waals surface area contributed by atoms with Gasteiger partial charge >= 0.3 is 0 Å². The third kappa shape index (κ3) is 3.08. The van der Waals surface area contributed by atoms with Gasteiger partial charge < -0.3 is 10.6 Å². The predicted molar refractivity (Wildman–Crippen MR) is 84.9 cm³/mol. The molecule has 1 aromatic heterocycles. The Hall–Kier alpha value is -1.25. The minimum absolute atomic E-state index is 0.626. The molecule has 0 saturated heterocycles. The summed E-state index contributed by atoms with van der Waals surface area (Å²) in [6.45, 7) is 0. The lowest BCUT2D eigenvalue weighted by Gasteiger charge is -2.43. The van der Waals surface area contributed by atoms with Crippen molar-refractivity contribution in [2.45, 2.75) is 76.3 Å². The van der Waals surface area contributed by atoms with E-state index in [4.69, 9.17) is 5.73 Å². The topological polar surface area (TPSA) is 42.1 Å². The minimum atomic E-state index is 0.626. The summed E-state index contributed by atoms with van der Waals surface area (Å²) >= 11 is 0. The van der Waals surface area contributed by atoms with Crippen LogP contribution in [-0.2, 0) is 0 Å². The molecule has 20 heavy (non-hydrogen) atoms. The predicted octanol–water partition coefficient (Wildman–Crippen LogP) is 4.14. The van der Waals surface area contributed by atoms with Gasteiger partial charge in [-0.15, -0.1) is 0 Å². The number of anilines is 2. The van der Waals surface area contributed by atoms with Crippen LogP contribution in [0.2, 0.25) is 0 Å². The fraction of sp³-hybridized carbons (Fsp3) is 0.706. The van der Waals surface area contributed by atoms with Crippen LogP contribution in [0.5, 0.6) is 0 Å². The Balaban J connectivity index is 1.83. The smallest absolute Gasteiger partial charge is 0.123 e. The van der Waals surface area contributed by atoms with Crippen LogP contribution in [-0.4, -0.2) is 17.1 Å². The summed E-state index contributed by atoms with van der Waals surface area (Å²) in [5.74, 6) is 0.626. The molecule has 0 aliphatic heterocycles. The summed E-state index contributed by atoms with van der Waals surface area (Å²) in [6, 6.07) is 5.56. The van der Waals surface area contributed by atoms with Gasteiger partial charge in [-0.1, -0.05) is 38.5 Å². The summed E-state index contributed by atoms with van der Waals surface area (Å²) in [5.41, 5.74) is 7.04. The van der Waals surface area contributed by atoms with Gasteiger partial charge in [-0.2, -0.15) is 0 Å². The van der Waals surface area contributed by atoms with Gasteiger partial charge in [-0.05, 0) is 37.8 Å². The van der Waals surface area contributed by atoms with Crippen LogP contribution < -0.4 is 10.6 Å². The van der Waals surface area contributed by atoms with Crippen molar-refractivity contribution in [1.29, 1.82) is 0 Å². The first-order chi connectivity index (χ1) is 9.84. The average Bonchev–Trinajstić information content (AvgIpc) is 2.52. The lowest BCUT2D eigenvalue weighted by Crippen LogP contribution is -2.45. The number of hydrogen-bond acceptors (Lipinski definition) is 3. The molecular weight excluding hydrogens is 246 g/mol. The largest absolute Gasteiger partial charge is 0.384 e. The van der Waals surface area contributed by atoms with E-state index >= 15 is 0 Å². The summed E-state index contributed by atoms with van der Waals surface area (Å²) in [7, 11) is 0. The van der Waals surface area contributed by atoms with Gasteiger partial charge in [0.1, 0.15) is 5.82 Å². The lowest BCUT2D eigenvalue weighted by atomic mass is 9.88. The number of nitrogen functional groups attached to an aromatic ring is 1. The number of nitrogens with two attached hydrogens (primary N) is 1. The van der Waals surface area contributed by atoms with Gasteiger partial charge in [0.2, 0.25) is 0 Å². The van der Waals surface area contributed by atoms with Crippen molar-refractivity contribution in [3.8, 4) is 0 Å². The van der Waals surface area contributed by atoms with E-state index in [9.17, 15) is 0 Å². The molecule has 0 unspecified atom stereocenters. The standard InChI is InChI=1S/C17H27N3/c18-17-12-11-16(13-19-17)20(14-7-3-1-4-8-14)15-9-5-2-6-10-15/h11-15H,1-10H2,(H2,18,19). The molecule has 2 aliphatic rings. The van der Waals surface area contributed by atoms with Crippen molar-refractivity contribution in [2.24, 2.45) is 0 Å². The zero-order chi connectivity index (χ0) is 13.8. The molecule has 2 aliphatic carbocycles. The van der Waals surface area contributed by atoms with Gasteiger partial charge in [0, 0.05) is 12.1 Å². The maximum atomic E-state index is 5.75. The molecule has 0 spiro atoms. The van der Waals surface area contributed by atoms with Gasteiger partial charge in [-0.25, -0.2) is 4.98 Å². The van der Waals surface area contributed by atoms with Gasteiger partial charge in [0.25, 0.3) is 0 Å². The van der Waals surface area contributed by atoms with Crippen molar-refractivity contribution in [2.75, 3.05) is 10.6 Å². The average molecular weight is 273 g/mol. The highest BCUT2D eigenvalue weighted by Crippen LogP contribution is 2.34. The van der Waals surface area contributed by atoms with E-state index in [2.05, 4.69) is 16.0 Å². The Kier molecular flexibility index (Phi) is 4.44. The molecule has 0 radical (unpaired) electrons. The fourth-order valence-corrected chi connectivity index (χ4v) is 3.99.